The Hall–Kier alpha value is -1.14. The molecule has 0 saturated carbocycles. The summed E-state index contributed by atoms with van der Waals surface area (Å²) in [6, 6.07) is 0. The molecule has 6 nitrogen and oxygen atoms in total. The number of nitrogens with one attached hydrogen (secondary N) is 2. The highest BCUT2D eigenvalue weighted by atomic mass is 16.4. The number of hydrogen-bond acceptors (Lipinski definition) is 4. The molecule has 1 heterocycles. The van der Waals surface area contributed by atoms with Gasteiger partial charge in [-0.3, -0.25) is 4.79 Å². The van der Waals surface area contributed by atoms with Gasteiger partial charge in [-0.15, -0.1) is 0 Å². The van der Waals surface area contributed by atoms with Crippen LogP contribution in [0.4, 0.5) is 0 Å². The van der Waals surface area contributed by atoms with Gasteiger partial charge in [-0.25, -0.2) is 4.79 Å². The van der Waals surface area contributed by atoms with Gasteiger partial charge in [0.1, 0.15) is 0 Å². The first-order valence-electron chi connectivity index (χ1n) is 5.00. The molecular formula is C9H16N2O4. The van der Waals surface area contributed by atoms with Gasteiger partial charge >= 0.3 is 5.97 Å². The molecule has 0 radical (unpaired) electrons. The lowest BCUT2D eigenvalue weighted by Crippen LogP contribution is -2.44. The van der Waals surface area contributed by atoms with Crippen LogP contribution in [-0.2, 0) is 9.59 Å². The molecule has 1 unspecified atom stereocenters. The van der Waals surface area contributed by atoms with E-state index in [2.05, 4.69) is 10.6 Å². The second-order valence-electron chi connectivity index (χ2n) is 3.64. The summed E-state index contributed by atoms with van der Waals surface area (Å²) in [5.74, 6) is -1.63. The van der Waals surface area contributed by atoms with Gasteiger partial charge in [-0.05, 0) is 19.4 Å². The van der Waals surface area contributed by atoms with Crippen LogP contribution in [0, 0.1) is 5.92 Å². The first-order valence-corrected chi connectivity index (χ1v) is 5.00. The standard InChI is InChI=1S/C9H16N2O4/c12-7(9(14)15)5-11-8(13)6-2-1-3-10-4-6/h6-7,10,12H,1-5H2,(H,11,13)(H,14,15)/t6?,7-/m0/s1. The average molecular weight is 216 g/mol. The quantitative estimate of drug-likeness (QED) is 0.461. The molecule has 1 amide bonds. The number of aliphatic hydroxyl groups excluding tert-OH is 1. The van der Waals surface area contributed by atoms with Crippen LogP contribution in [0.15, 0.2) is 0 Å². The molecule has 1 aliphatic heterocycles. The van der Waals surface area contributed by atoms with Crippen molar-refractivity contribution in [1.29, 1.82) is 0 Å². The minimum absolute atomic E-state index is 0.111. The number of aliphatic hydroxyl groups is 1. The average Bonchev–Trinajstić information content (AvgIpc) is 2.26. The van der Waals surface area contributed by atoms with Gasteiger partial charge in [0.05, 0.1) is 12.5 Å². The zero-order valence-electron chi connectivity index (χ0n) is 8.40. The number of carboxylic acids is 1. The van der Waals surface area contributed by atoms with E-state index < -0.39 is 12.1 Å². The molecule has 1 saturated heterocycles. The van der Waals surface area contributed by atoms with E-state index in [0.29, 0.717) is 6.54 Å². The molecule has 0 spiro atoms. The van der Waals surface area contributed by atoms with Crippen LogP contribution in [0.25, 0.3) is 0 Å². The van der Waals surface area contributed by atoms with Crippen molar-refractivity contribution in [3.63, 3.8) is 0 Å². The lowest BCUT2D eigenvalue weighted by atomic mass is 9.99. The Morgan fingerprint density at radius 2 is 2.27 bits per heavy atom. The molecule has 6 heteroatoms. The first-order chi connectivity index (χ1) is 7.11. The zero-order chi connectivity index (χ0) is 11.3. The molecule has 0 aromatic heterocycles. The highest BCUT2D eigenvalue weighted by Crippen LogP contribution is 2.09. The van der Waals surface area contributed by atoms with Gasteiger partial charge < -0.3 is 20.8 Å². The van der Waals surface area contributed by atoms with Crippen molar-refractivity contribution in [3.05, 3.63) is 0 Å². The molecule has 15 heavy (non-hydrogen) atoms. The number of carboxylic acid groups (broad SMARTS) is 1. The molecular weight excluding hydrogens is 200 g/mol. The van der Waals surface area contributed by atoms with Crippen LogP contribution >= 0.6 is 0 Å². The molecule has 1 aliphatic rings. The van der Waals surface area contributed by atoms with E-state index in [1.165, 1.54) is 0 Å². The van der Waals surface area contributed by atoms with E-state index >= 15 is 0 Å². The SMILES string of the molecule is O=C(NC[C@H](O)C(=O)O)C1CCCNC1. The molecule has 1 rings (SSSR count). The molecule has 0 aliphatic carbocycles. The Morgan fingerprint density at radius 3 is 2.80 bits per heavy atom. The predicted molar refractivity (Wildman–Crippen MR) is 52.2 cm³/mol. The summed E-state index contributed by atoms with van der Waals surface area (Å²) in [6.45, 7) is 1.31. The monoisotopic (exact) mass is 216 g/mol. The Labute approximate surface area is 87.7 Å². The number of carbonyl (C=O) groups excluding carboxylic acids is 1. The van der Waals surface area contributed by atoms with Crippen LogP contribution in [0.3, 0.4) is 0 Å². The van der Waals surface area contributed by atoms with E-state index in [1.807, 2.05) is 0 Å². The molecule has 2 atom stereocenters. The number of piperidine rings is 1. The van der Waals surface area contributed by atoms with Gasteiger partial charge in [0.2, 0.25) is 5.91 Å². The van der Waals surface area contributed by atoms with Crippen molar-refractivity contribution in [2.75, 3.05) is 19.6 Å². The summed E-state index contributed by atoms with van der Waals surface area (Å²) in [6.07, 6.45) is 0.229. The van der Waals surface area contributed by atoms with Crippen molar-refractivity contribution in [3.8, 4) is 0 Å². The second kappa shape index (κ2) is 5.67. The predicted octanol–water partition coefficient (Wildman–Crippen LogP) is -1.45. The summed E-state index contributed by atoms with van der Waals surface area (Å²) < 4.78 is 0. The van der Waals surface area contributed by atoms with Crippen molar-refractivity contribution in [2.45, 2.75) is 18.9 Å². The third-order valence-corrected chi connectivity index (χ3v) is 2.42. The lowest BCUT2D eigenvalue weighted by Gasteiger charge is -2.22. The summed E-state index contributed by atoms with van der Waals surface area (Å²) >= 11 is 0. The van der Waals surface area contributed by atoms with Gasteiger partial charge in [0.15, 0.2) is 6.10 Å². The van der Waals surface area contributed by atoms with Gasteiger partial charge in [0.25, 0.3) is 0 Å². The Bertz CT molecular complexity index is 238. The van der Waals surface area contributed by atoms with Crippen molar-refractivity contribution < 1.29 is 19.8 Å². The smallest absolute Gasteiger partial charge is 0.334 e. The lowest BCUT2D eigenvalue weighted by molar-refractivity contribution is -0.146. The first kappa shape index (κ1) is 11.9. The highest BCUT2D eigenvalue weighted by molar-refractivity contribution is 5.80. The topological polar surface area (TPSA) is 98.7 Å². The third-order valence-electron chi connectivity index (χ3n) is 2.42. The summed E-state index contributed by atoms with van der Waals surface area (Å²) in [5, 5.41) is 22.8. The van der Waals surface area contributed by atoms with E-state index in [9.17, 15) is 9.59 Å². The molecule has 0 aromatic carbocycles. The fourth-order valence-electron chi connectivity index (χ4n) is 1.50. The summed E-state index contributed by atoms with van der Waals surface area (Å²) in [5.41, 5.74) is 0. The highest BCUT2D eigenvalue weighted by Gasteiger charge is 2.22. The van der Waals surface area contributed by atoms with Crippen LogP contribution in [0.5, 0.6) is 0 Å². The van der Waals surface area contributed by atoms with Gasteiger partial charge in [-0.2, -0.15) is 0 Å². The largest absolute Gasteiger partial charge is 0.479 e. The Balaban J connectivity index is 2.25. The molecule has 4 N–H and O–H groups in total. The third kappa shape index (κ3) is 3.85. The van der Waals surface area contributed by atoms with Crippen molar-refractivity contribution in [1.82, 2.24) is 10.6 Å². The maximum absolute atomic E-state index is 11.5. The Kier molecular flexibility index (Phi) is 4.51. The summed E-state index contributed by atoms with van der Waals surface area (Å²) in [4.78, 5) is 21.7. The number of rotatable bonds is 4. The van der Waals surface area contributed by atoms with E-state index in [1.54, 1.807) is 0 Å². The van der Waals surface area contributed by atoms with Crippen LogP contribution < -0.4 is 10.6 Å². The van der Waals surface area contributed by atoms with E-state index in [4.69, 9.17) is 10.2 Å². The van der Waals surface area contributed by atoms with Crippen molar-refractivity contribution >= 4 is 11.9 Å². The van der Waals surface area contributed by atoms with Crippen molar-refractivity contribution in [2.24, 2.45) is 5.92 Å². The normalized spacial score (nSPS) is 23.1. The van der Waals surface area contributed by atoms with Crippen LogP contribution in [-0.4, -0.2) is 47.8 Å². The van der Waals surface area contributed by atoms with Crippen LogP contribution in [0.1, 0.15) is 12.8 Å². The fourth-order valence-corrected chi connectivity index (χ4v) is 1.50. The number of amides is 1. The second-order valence-corrected chi connectivity index (χ2v) is 3.64. The molecule has 1 fully saturated rings. The number of hydrogen-bond donors (Lipinski definition) is 4. The summed E-state index contributed by atoms with van der Waals surface area (Å²) in [7, 11) is 0. The maximum Gasteiger partial charge on any atom is 0.334 e. The molecule has 0 aromatic rings. The minimum Gasteiger partial charge on any atom is -0.479 e. The number of aliphatic carboxylic acids is 1. The fraction of sp³-hybridized carbons (Fsp3) is 0.778. The van der Waals surface area contributed by atoms with Gasteiger partial charge in [-0.1, -0.05) is 0 Å². The minimum atomic E-state index is -1.52. The molecule has 0 bridgehead atoms. The van der Waals surface area contributed by atoms with Crippen LogP contribution in [0.2, 0.25) is 0 Å². The van der Waals surface area contributed by atoms with Gasteiger partial charge in [0, 0.05) is 6.54 Å². The molecule has 86 valence electrons. The van der Waals surface area contributed by atoms with E-state index in [0.717, 1.165) is 19.4 Å². The number of carbonyl (C=O) groups is 2. The zero-order valence-corrected chi connectivity index (χ0v) is 8.40. The Morgan fingerprint density at radius 1 is 1.53 bits per heavy atom. The van der Waals surface area contributed by atoms with E-state index in [-0.39, 0.29) is 18.4 Å². The maximum atomic E-state index is 11.5.